The first-order chi connectivity index (χ1) is 5.27. The van der Waals surface area contributed by atoms with Crippen LogP contribution in [0.4, 0.5) is 4.79 Å². The minimum Gasteiger partial charge on any atom is -0.450 e. The molecule has 3 nitrogen and oxygen atoms in total. The molecule has 0 aromatic carbocycles. The highest BCUT2D eigenvalue weighted by Crippen LogP contribution is 2.18. The van der Waals surface area contributed by atoms with Crippen LogP contribution in [0.2, 0.25) is 0 Å². The highest BCUT2D eigenvalue weighted by Gasteiger charge is 2.30. The monoisotopic (exact) mass is 269 g/mol. The normalized spacial score (nSPS) is 17.8. The number of carbonyl (C=O) groups is 1. The second kappa shape index (κ2) is 4.13. The zero-order valence-electron chi connectivity index (χ0n) is 6.55. The zero-order valence-corrected chi connectivity index (χ0v) is 8.70. The van der Waals surface area contributed by atoms with Crippen LogP contribution >= 0.6 is 22.6 Å². The number of rotatable bonds is 2. The van der Waals surface area contributed by atoms with E-state index in [0.717, 1.165) is 17.5 Å². The molecule has 0 atom stereocenters. The number of nitrogens with zero attached hydrogens (tertiary/aromatic N) is 1. The van der Waals surface area contributed by atoms with Crippen molar-refractivity contribution in [3.63, 3.8) is 0 Å². The highest BCUT2D eigenvalue weighted by atomic mass is 127. The molecule has 1 aliphatic heterocycles. The predicted molar refractivity (Wildman–Crippen MR) is 51.0 cm³/mol. The summed E-state index contributed by atoms with van der Waals surface area (Å²) in [5.74, 6) is 0.694. The molecule has 0 aliphatic carbocycles. The molecule has 0 N–H and O–H groups in total. The number of alkyl halides is 1. The van der Waals surface area contributed by atoms with Gasteiger partial charge in [-0.1, -0.05) is 22.6 Å². The molecule has 0 unspecified atom stereocenters. The van der Waals surface area contributed by atoms with Gasteiger partial charge in [0, 0.05) is 23.4 Å². The standard InChI is InChI=1S/C7H12INO2/c1-2-11-7(10)9-4-6(3-8)5-9/h6H,2-5H2,1H3. The molecule has 1 aliphatic rings. The summed E-state index contributed by atoms with van der Waals surface area (Å²) in [6.07, 6.45) is -0.159. The van der Waals surface area contributed by atoms with Gasteiger partial charge in [-0.25, -0.2) is 4.79 Å². The number of carbonyl (C=O) groups excluding carboxylic acids is 1. The molecule has 11 heavy (non-hydrogen) atoms. The van der Waals surface area contributed by atoms with E-state index in [1.807, 2.05) is 6.92 Å². The van der Waals surface area contributed by atoms with E-state index in [1.165, 1.54) is 0 Å². The van der Waals surface area contributed by atoms with Crippen LogP contribution in [0.25, 0.3) is 0 Å². The number of likely N-dealkylation sites (tertiary alicyclic amines) is 1. The Morgan fingerprint density at radius 2 is 2.36 bits per heavy atom. The molecule has 0 saturated carbocycles. The summed E-state index contributed by atoms with van der Waals surface area (Å²) < 4.78 is 5.96. The lowest BCUT2D eigenvalue weighted by molar-refractivity contribution is 0.0640. The Labute approximate surface area is 80.2 Å². The molecule has 0 bridgehead atoms. The Balaban J connectivity index is 2.16. The van der Waals surface area contributed by atoms with Crippen LogP contribution in [-0.2, 0) is 4.74 Å². The SMILES string of the molecule is CCOC(=O)N1CC(CI)C1. The minimum atomic E-state index is -0.159. The Morgan fingerprint density at radius 3 is 2.82 bits per heavy atom. The molecule has 64 valence electrons. The number of amides is 1. The summed E-state index contributed by atoms with van der Waals surface area (Å²) in [5, 5.41) is 0. The van der Waals surface area contributed by atoms with Gasteiger partial charge in [-0.05, 0) is 6.92 Å². The van der Waals surface area contributed by atoms with Crippen LogP contribution in [0.15, 0.2) is 0 Å². The number of hydrogen-bond acceptors (Lipinski definition) is 2. The fourth-order valence-corrected chi connectivity index (χ4v) is 1.59. The van der Waals surface area contributed by atoms with Gasteiger partial charge in [0.2, 0.25) is 0 Å². The van der Waals surface area contributed by atoms with Crippen molar-refractivity contribution in [3.8, 4) is 0 Å². The zero-order chi connectivity index (χ0) is 8.27. The third-order valence-electron chi connectivity index (χ3n) is 1.70. The molecule has 0 aromatic rings. The number of halogens is 1. The van der Waals surface area contributed by atoms with Gasteiger partial charge in [0.25, 0.3) is 0 Å². The van der Waals surface area contributed by atoms with E-state index < -0.39 is 0 Å². The molecule has 1 amide bonds. The van der Waals surface area contributed by atoms with Gasteiger partial charge in [-0.2, -0.15) is 0 Å². The minimum absolute atomic E-state index is 0.159. The van der Waals surface area contributed by atoms with E-state index in [0.29, 0.717) is 12.5 Å². The topological polar surface area (TPSA) is 29.5 Å². The maximum Gasteiger partial charge on any atom is 0.409 e. The van der Waals surface area contributed by atoms with Gasteiger partial charge in [0.1, 0.15) is 0 Å². The van der Waals surface area contributed by atoms with Crippen LogP contribution < -0.4 is 0 Å². The summed E-state index contributed by atoms with van der Waals surface area (Å²) in [6, 6.07) is 0. The van der Waals surface area contributed by atoms with Crippen LogP contribution in [0.1, 0.15) is 6.92 Å². The largest absolute Gasteiger partial charge is 0.450 e. The van der Waals surface area contributed by atoms with Crippen LogP contribution in [0, 0.1) is 5.92 Å². The second-order valence-electron chi connectivity index (χ2n) is 2.62. The predicted octanol–water partition coefficient (Wildman–Crippen LogP) is 1.51. The lowest BCUT2D eigenvalue weighted by Crippen LogP contribution is -2.50. The number of ether oxygens (including phenoxy) is 1. The second-order valence-corrected chi connectivity index (χ2v) is 3.51. The van der Waals surface area contributed by atoms with Crippen molar-refractivity contribution in [2.45, 2.75) is 6.92 Å². The van der Waals surface area contributed by atoms with Crippen LogP contribution in [0.5, 0.6) is 0 Å². The Morgan fingerprint density at radius 1 is 1.73 bits per heavy atom. The third kappa shape index (κ3) is 2.21. The summed E-state index contributed by atoms with van der Waals surface area (Å²) >= 11 is 2.34. The van der Waals surface area contributed by atoms with Crippen molar-refractivity contribution in [2.75, 3.05) is 24.1 Å². The van der Waals surface area contributed by atoms with E-state index in [2.05, 4.69) is 22.6 Å². The number of hydrogen-bond donors (Lipinski definition) is 0. The first-order valence-corrected chi connectivity index (χ1v) is 5.28. The van der Waals surface area contributed by atoms with E-state index in [9.17, 15) is 4.79 Å². The van der Waals surface area contributed by atoms with E-state index in [-0.39, 0.29) is 6.09 Å². The fourth-order valence-electron chi connectivity index (χ4n) is 1.03. The first kappa shape index (κ1) is 9.09. The average Bonchev–Trinajstić information content (AvgIpc) is 1.86. The summed E-state index contributed by atoms with van der Waals surface area (Å²) in [5.41, 5.74) is 0. The molecule has 4 heteroatoms. The lowest BCUT2D eigenvalue weighted by Gasteiger charge is -2.37. The average molecular weight is 269 g/mol. The van der Waals surface area contributed by atoms with Gasteiger partial charge in [-0.15, -0.1) is 0 Å². The molecular weight excluding hydrogens is 257 g/mol. The van der Waals surface area contributed by atoms with Gasteiger partial charge in [-0.3, -0.25) is 0 Å². The van der Waals surface area contributed by atoms with E-state index >= 15 is 0 Å². The maximum absolute atomic E-state index is 11.0. The van der Waals surface area contributed by atoms with Gasteiger partial charge < -0.3 is 9.64 Å². The lowest BCUT2D eigenvalue weighted by atomic mass is 10.0. The molecule has 1 saturated heterocycles. The molecule has 1 rings (SSSR count). The first-order valence-electron chi connectivity index (χ1n) is 3.75. The summed E-state index contributed by atoms with van der Waals surface area (Å²) in [4.78, 5) is 12.7. The Kier molecular flexibility index (Phi) is 3.42. The van der Waals surface area contributed by atoms with Crippen LogP contribution in [-0.4, -0.2) is 35.1 Å². The molecule has 0 radical (unpaired) electrons. The molecular formula is C7H12INO2. The van der Waals surface area contributed by atoms with Crippen molar-refractivity contribution < 1.29 is 9.53 Å². The highest BCUT2D eigenvalue weighted by molar-refractivity contribution is 14.1. The Bertz CT molecular complexity index is 145. The van der Waals surface area contributed by atoms with Crippen molar-refractivity contribution in [3.05, 3.63) is 0 Å². The van der Waals surface area contributed by atoms with Crippen molar-refractivity contribution in [2.24, 2.45) is 5.92 Å². The Hall–Kier alpha value is 0. The fraction of sp³-hybridized carbons (Fsp3) is 0.857. The van der Waals surface area contributed by atoms with Crippen molar-refractivity contribution >= 4 is 28.7 Å². The summed E-state index contributed by atoms with van der Waals surface area (Å²) in [7, 11) is 0. The van der Waals surface area contributed by atoms with Gasteiger partial charge in [0.05, 0.1) is 6.61 Å². The smallest absolute Gasteiger partial charge is 0.409 e. The van der Waals surface area contributed by atoms with Crippen LogP contribution in [0.3, 0.4) is 0 Å². The van der Waals surface area contributed by atoms with Gasteiger partial charge in [0.15, 0.2) is 0 Å². The van der Waals surface area contributed by atoms with Gasteiger partial charge >= 0.3 is 6.09 Å². The molecule has 0 aromatic heterocycles. The van der Waals surface area contributed by atoms with E-state index in [1.54, 1.807) is 4.90 Å². The van der Waals surface area contributed by atoms with Crippen molar-refractivity contribution in [1.29, 1.82) is 0 Å². The third-order valence-corrected chi connectivity index (χ3v) is 2.95. The molecule has 0 spiro atoms. The maximum atomic E-state index is 11.0. The van der Waals surface area contributed by atoms with Crippen molar-refractivity contribution in [1.82, 2.24) is 4.90 Å². The molecule has 1 fully saturated rings. The van der Waals surface area contributed by atoms with E-state index in [4.69, 9.17) is 4.74 Å². The quantitative estimate of drug-likeness (QED) is 0.561. The molecule has 1 heterocycles. The summed E-state index contributed by atoms with van der Waals surface area (Å²) in [6.45, 7) is 4.06.